The molecule has 2 aromatic carbocycles. The van der Waals surface area contributed by atoms with Crippen molar-refractivity contribution in [2.45, 2.75) is 44.7 Å². The highest BCUT2D eigenvalue weighted by Crippen LogP contribution is 2.34. The van der Waals surface area contributed by atoms with E-state index in [1.807, 2.05) is 4.57 Å². The Balaban J connectivity index is 1.64. The molecule has 0 spiro atoms. The molecule has 2 unspecified atom stereocenters. The van der Waals surface area contributed by atoms with Crippen molar-refractivity contribution in [3.8, 4) is 0 Å². The summed E-state index contributed by atoms with van der Waals surface area (Å²) in [5, 5.41) is 9.95. The summed E-state index contributed by atoms with van der Waals surface area (Å²) in [7, 11) is 1.73. The van der Waals surface area contributed by atoms with Gasteiger partial charge in [0.05, 0.1) is 17.9 Å². The van der Waals surface area contributed by atoms with Crippen molar-refractivity contribution in [1.29, 1.82) is 0 Å². The minimum Gasteiger partial charge on any atom is -0.481 e. The minimum atomic E-state index is -0.956. The van der Waals surface area contributed by atoms with Crippen molar-refractivity contribution >= 4 is 22.8 Å². The largest absolute Gasteiger partial charge is 0.481 e. The van der Waals surface area contributed by atoms with E-state index in [0.29, 0.717) is 35.9 Å². The summed E-state index contributed by atoms with van der Waals surface area (Å²) in [6.07, 6.45) is 1.05. The van der Waals surface area contributed by atoms with Gasteiger partial charge in [0.25, 0.3) is 0 Å². The number of carbonyl (C=O) groups excluding carboxylic acids is 1. The lowest BCUT2D eigenvalue weighted by molar-refractivity contribution is -0.136. The molecule has 0 radical (unpaired) electrons. The third-order valence-corrected chi connectivity index (χ3v) is 6.33. The zero-order valence-electron chi connectivity index (χ0n) is 17.4. The van der Waals surface area contributed by atoms with Gasteiger partial charge in [-0.3, -0.25) is 9.59 Å². The minimum absolute atomic E-state index is 0.0947. The number of carboxylic acids is 1. The summed E-state index contributed by atoms with van der Waals surface area (Å²) in [6, 6.07) is 10.4. The molecule has 1 aromatic heterocycles. The van der Waals surface area contributed by atoms with Crippen molar-refractivity contribution in [1.82, 2.24) is 9.47 Å². The summed E-state index contributed by atoms with van der Waals surface area (Å²) >= 11 is 0. The maximum atomic E-state index is 14.7. The van der Waals surface area contributed by atoms with Crippen molar-refractivity contribution in [3.63, 3.8) is 0 Å². The molecule has 31 heavy (non-hydrogen) atoms. The molecule has 162 valence electrons. The number of amides is 1. The van der Waals surface area contributed by atoms with Gasteiger partial charge in [-0.05, 0) is 49.1 Å². The van der Waals surface area contributed by atoms with E-state index in [4.69, 9.17) is 0 Å². The van der Waals surface area contributed by atoms with Crippen LogP contribution in [0.1, 0.15) is 36.1 Å². The fourth-order valence-corrected chi connectivity index (χ4v) is 4.62. The third-order valence-electron chi connectivity index (χ3n) is 6.33. The van der Waals surface area contributed by atoms with E-state index in [0.717, 1.165) is 11.3 Å². The summed E-state index contributed by atoms with van der Waals surface area (Å²) in [4.78, 5) is 26.2. The van der Waals surface area contributed by atoms with Gasteiger partial charge in [0.15, 0.2) is 0 Å². The molecule has 1 N–H and O–H groups in total. The number of hydrogen-bond acceptors (Lipinski definition) is 2. The summed E-state index contributed by atoms with van der Waals surface area (Å²) < 4.78 is 29.8. The van der Waals surface area contributed by atoms with Crippen LogP contribution in [0.2, 0.25) is 0 Å². The van der Waals surface area contributed by atoms with Crippen molar-refractivity contribution in [3.05, 3.63) is 70.9 Å². The summed E-state index contributed by atoms with van der Waals surface area (Å²) in [5.74, 6) is -2.24. The smallest absolute Gasteiger partial charge is 0.307 e. The summed E-state index contributed by atoms with van der Waals surface area (Å²) in [6.45, 7) is 2.18. The Hall–Kier alpha value is -3.22. The molecule has 0 saturated carbocycles. The maximum absolute atomic E-state index is 14.7. The van der Waals surface area contributed by atoms with Crippen LogP contribution in [0.5, 0.6) is 0 Å². The van der Waals surface area contributed by atoms with Gasteiger partial charge in [0.1, 0.15) is 11.6 Å². The Morgan fingerprint density at radius 2 is 1.90 bits per heavy atom. The first-order valence-corrected chi connectivity index (χ1v) is 10.3. The molecule has 0 fully saturated rings. The second kappa shape index (κ2) is 8.13. The normalized spacial score (nSPS) is 16.7. The monoisotopic (exact) mass is 426 g/mol. The number of likely N-dealkylation sites (N-methyl/N-ethyl adjacent to an activating group) is 1. The number of aliphatic carboxylic acids is 1. The first-order valence-electron chi connectivity index (χ1n) is 10.3. The average molecular weight is 426 g/mol. The number of para-hydroxylation sites is 1. The standard InChI is InChI=1S/C24H24F2N2O3/c1-14(15-6-8-16(25)9-7-15)24(31)27(2)17-10-11-21-19(12-22(29)30)18-4-3-5-20(26)23(18)28(21)13-17/h3-9,14,17H,10-13H2,1-2H3,(H,29,30). The number of carboxylic acid groups (broad SMARTS) is 1. The molecular formula is C24H24F2N2O3. The molecule has 2 atom stereocenters. The lowest BCUT2D eigenvalue weighted by atomic mass is 9.96. The molecule has 1 amide bonds. The topological polar surface area (TPSA) is 62.5 Å². The van der Waals surface area contributed by atoms with Gasteiger partial charge in [0, 0.05) is 30.7 Å². The van der Waals surface area contributed by atoms with E-state index in [9.17, 15) is 23.5 Å². The van der Waals surface area contributed by atoms with Gasteiger partial charge in [-0.2, -0.15) is 0 Å². The zero-order chi connectivity index (χ0) is 22.3. The zero-order valence-corrected chi connectivity index (χ0v) is 17.4. The highest BCUT2D eigenvalue weighted by Gasteiger charge is 2.32. The molecule has 7 heteroatoms. The molecule has 0 bridgehead atoms. The van der Waals surface area contributed by atoms with E-state index in [-0.39, 0.29) is 24.2 Å². The SMILES string of the molecule is CC(C(=O)N(C)C1CCc2c(CC(=O)O)c3cccc(F)c3n2C1)c1ccc(F)cc1. The van der Waals surface area contributed by atoms with Gasteiger partial charge in [-0.15, -0.1) is 0 Å². The van der Waals surface area contributed by atoms with E-state index < -0.39 is 17.7 Å². The lowest BCUT2D eigenvalue weighted by Crippen LogP contribution is -2.44. The fraction of sp³-hybridized carbons (Fsp3) is 0.333. The number of hydrogen-bond donors (Lipinski definition) is 1. The molecule has 1 aliphatic rings. The van der Waals surface area contributed by atoms with Gasteiger partial charge >= 0.3 is 5.97 Å². The molecule has 3 aromatic rings. The quantitative estimate of drug-likeness (QED) is 0.668. The van der Waals surface area contributed by atoms with Crippen LogP contribution in [-0.4, -0.2) is 39.5 Å². The Bertz CT molecular complexity index is 1150. The number of rotatable bonds is 5. The average Bonchev–Trinajstić information content (AvgIpc) is 3.06. The molecular weight excluding hydrogens is 402 g/mol. The molecule has 5 nitrogen and oxygen atoms in total. The highest BCUT2D eigenvalue weighted by atomic mass is 19.1. The molecule has 2 heterocycles. The Morgan fingerprint density at radius 1 is 1.19 bits per heavy atom. The van der Waals surface area contributed by atoms with Crippen molar-refractivity contribution in [2.24, 2.45) is 0 Å². The van der Waals surface area contributed by atoms with Crippen LogP contribution in [0.15, 0.2) is 42.5 Å². The molecule has 1 aliphatic heterocycles. The predicted molar refractivity (Wildman–Crippen MR) is 113 cm³/mol. The van der Waals surface area contributed by atoms with E-state index in [1.54, 1.807) is 43.1 Å². The first-order chi connectivity index (χ1) is 14.8. The van der Waals surface area contributed by atoms with E-state index in [2.05, 4.69) is 0 Å². The van der Waals surface area contributed by atoms with E-state index >= 15 is 0 Å². The first kappa shape index (κ1) is 21.0. The Morgan fingerprint density at radius 3 is 2.58 bits per heavy atom. The van der Waals surface area contributed by atoms with Crippen LogP contribution >= 0.6 is 0 Å². The van der Waals surface area contributed by atoms with Gasteiger partial charge < -0.3 is 14.6 Å². The third kappa shape index (κ3) is 3.80. The number of halogens is 2. The molecule has 0 aliphatic carbocycles. The Kier molecular flexibility index (Phi) is 5.52. The van der Waals surface area contributed by atoms with Crippen LogP contribution in [-0.2, 0) is 29.0 Å². The van der Waals surface area contributed by atoms with Crippen LogP contribution in [0, 0.1) is 11.6 Å². The van der Waals surface area contributed by atoms with Crippen LogP contribution in [0.4, 0.5) is 8.78 Å². The second-order valence-electron chi connectivity index (χ2n) is 8.16. The molecule has 0 saturated heterocycles. The van der Waals surface area contributed by atoms with Crippen molar-refractivity contribution < 1.29 is 23.5 Å². The number of benzene rings is 2. The maximum Gasteiger partial charge on any atom is 0.307 e. The second-order valence-corrected chi connectivity index (χ2v) is 8.16. The van der Waals surface area contributed by atoms with E-state index in [1.165, 1.54) is 18.2 Å². The van der Waals surface area contributed by atoms with Crippen molar-refractivity contribution in [2.75, 3.05) is 7.05 Å². The summed E-state index contributed by atoms with van der Waals surface area (Å²) in [5.41, 5.74) is 2.60. The number of carbonyl (C=O) groups is 2. The highest BCUT2D eigenvalue weighted by molar-refractivity contribution is 5.90. The van der Waals surface area contributed by atoms with Crippen LogP contribution < -0.4 is 0 Å². The van der Waals surface area contributed by atoms with Gasteiger partial charge in [0.2, 0.25) is 5.91 Å². The number of aromatic nitrogens is 1. The fourth-order valence-electron chi connectivity index (χ4n) is 4.62. The van der Waals surface area contributed by atoms with Gasteiger partial charge in [-0.1, -0.05) is 24.3 Å². The number of nitrogens with zero attached hydrogens (tertiary/aromatic N) is 2. The van der Waals surface area contributed by atoms with Crippen LogP contribution in [0.25, 0.3) is 10.9 Å². The predicted octanol–water partition coefficient (Wildman–Crippen LogP) is 4.12. The lowest BCUT2D eigenvalue weighted by Gasteiger charge is -2.35. The number of fused-ring (bicyclic) bond motifs is 3. The van der Waals surface area contributed by atoms with Gasteiger partial charge in [-0.25, -0.2) is 8.78 Å². The Labute approximate surface area is 178 Å². The molecule has 4 rings (SSSR count). The van der Waals surface area contributed by atoms with Crippen LogP contribution in [0.3, 0.4) is 0 Å².